The first kappa shape index (κ1) is 38.3. The Balaban J connectivity index is 1.04. The molecule has 0 aliphatic heterocycles. The normalized spacial score (nSPS) is 15.4. The number of hydrogen-bond acceptors (Lipinski definition) is 1. The Bertz CT molecular complexity index is 3820. The second-order valence-corrected chi connectivity index (χ2v) is 19.0. The number of benzene rings is 11. The van der Waals surface area contributed by atoms with Crippen LogP contribution in [0.15, 0.2) is 261 Å². The minimum absolute atomic E-state index is 0.481. The highest BCUT2D eigenvalue weighted by molar-refractivity contribution is 6.02. The van der Waals surface area contributed by atoms with Gasteiger partial charge in [0.25, 0.3) is 0 Å². The van der Waals surface area contributed by atoms with Crippen LogP contribution in [0.25, 0.3) is 66.8 Å². The van der Waals surface area contributed by atoms with Gasteiger partial charge in [-0.25, -0.2) is 0 Å². The predicted octanol–water partition coefficient (Wildman–Crippen LogP) is 17.2. The van der Waals surface area contributed by atoms with Gasteiger partial charge in [0.1, 0.15) is 0 Å². The quantitative estimate of drug-likeness (QED) is 0.167. The SMILES string of the molecule is c1ccc(-c2ccc(N(c3ccc4c(c3)C3(c5ccccc5-c5ccccc53)c3ccccc3-4)c3cccc4c3C3(c5ccccc5-c5ccc(-c6ccccc6)cc53)c3ccccc3-4)cc2)cc1. The van der Waals surface area contributed by atoms with Gasteiger partial charge in [-0.3, -0.25) is 0 Å². The summed E-state index contributed by atoms with van der Waals surface area (Å²) in [4.78, 5) is 2.58. The highest BCUT2D eigenvalue weighted by Gasteiger charge is 2.55. The molecule has 1 nitrogen and oxygen atoms in total. The second kappa shape index (κ2) is 14.4. The summed E-state index contributed by atoms with van der Waals surface area (Å²) in [5.74, 6) is 0. The third-order valence-corrected chi connectivity index (χ3v) is 15.9. The number of nitrogens with zero attached hydrogens (tertiary/aromatic N) is 1. The van der Waals surface area contributed by atoms with Crippen LogP contribution < -0.4 is 4.90 Å². The molecule has 0 bridgehead atoms. The lowest BCUT2D eigenvalue weighted by Crippen LogP contribution is -2.28. The summed E-state index contributed by atoms with van der Waals surface area (Å²) in [6, 6.07) is 98.1. The molecule has 2 spiro atoms. The Morgan fingerprint density at radius 2 is 0.580 bits per heavy atom. The molecule has 11 aromatic carbocycles. The van der Waals surface area contributed by atoms with Crippen molar-refractivity contribution in [1.82, 2.24) is 0 Å². The van der Waals surface area contributed by atoms with E-state index in [1.54, 1.807) is 0 Å². The molecule has 11 aromatic rings. The van der Waals surface area contributed by atoms with Crippen LogP contribution >= 0.6 is 0 Å². The van der Waals surface area contributed by atoms with E-state index >= 15 is 0 Å². The first-order chi connectivity index (χ1) is 34.2. The van der Waals surface area contributed by atoms with Crippen LogP contribution in [0.3, 0.4) is 0 Å². The Morgan fingerprint density at radius 1 is 0.217 bits per heavy atom. The summed E-state index contributed by atoms with van der Waals surface area (Å²) in [5, 5.41) is 0. The van der Waals surface area contributed by atoms with E-state index in [4.69, 9.17) is 0 Å². The van der Waals surface area contributed by atoms with Gasteiger partial charge in [0.15, 0.2) is 0 Å². The van der Waals surface area contributed by atoms with E-state index in [1.165, 1.54) is 117 Å². The van der Waals surface area contributed by atoms with Crippen molar-refractivity contribution in [2.75, 3.05) is 4.90 Å². The van der Waals surface area contributed by atoms with Crippen molar-refractivity contribution in [3.63, 3.8) is 0 Å². The van der Waals surface area contributed by atoms with Crippen LogP contribution in [0.1, 0.15) is 44.5 Å². The molecule has 0 amide bonds. The second-order valence-electron chi connectivity index (χ2n) is 19.0. The lowest BCUT2D eigenvalue weighted by molar-refractivity contribution is 0.790. The Kier molecular flexibility index (Phi) is 7.98. The summed E-state index contributed by atoms with van der Waals surface area (Å²) < 4.78 is 0. The maximum atomic E-state index is 2.58. The highest BCUT2D eigenvalue weighted by Crippen LogP contribution is 2.67. The zero-order chi connectivity index (χ0) is 45.3. The first-order valence-corrected chi connectivity index (χ1v) is 24.2. The van der Waals surface area contributed by atoms with E-state index in [2.05, 4.69) is 266 Å². The maximum Gasteiger partial charge on any atom is 0.0746 e. The van der Waals surface area contributed by atoms with Crippen molar-refractivity contribution in [3.05, 3.63) is 305 Å². The van der Waals surface area contributed by atoms with Crippen LogP contribution in [-0.4, -0.2) is 0 Å². The van der Waals surface area contributed by atoms with Crippen LogP contribution in [0, 0.1) is 0 Å². The molecule has 0 saturated carbocycles. The molecule has 0 heterocycles. The van der Waals surface area contributed by atoms with Crippen LogP contribution in [-0.2, 0) is 10.8 Å². The Hall–Kier alpha value is -8.78. The van der Waals surface area contributed by atoms with Crippen molar-refractivity contribution >= 4 is 17.1 Å². The Morgan fingerprint density at radius 3 is 1.12 bits per heavy atom. The van der Waals surface area contributed by atoms with E-state index in [0.717, 1.165) is 11.4 Å². The van der Waals surface area contributed by atoms with Crippen LogP contribution in [0.4, 0.5) is 17.1 Å². The van der Waals surface area contributed by atoms with E-state index in [-0.39, 0.29) is 0 Å². The lowest BCUT2D eigenvalue weighted by atomic mass is 9.69. The monoisotopic (exact) mass is 873 g/mol. The molecule has 4 aliphatic rings. The van der Waals surface area contributed by atoms with E-state index in [1.807, 2.05) is 0 Å². The number of fused-ring (bicyclic) bond motifs is 20. The maximum absolute atomic E-state index is 2.58. The summed E-state index contributed by atoms with van der Waals surface area (Å²) in [6.45, 7) is 0. The minimum atomic E-state index is -0.598. The van der Waals surface area contributed by atoms with Gasteiger partial charge in [-0.1, -0.05) is 224 Å². The fourth-order valence-corrected chi connectivity index (χ4v) is 13.3. The first-order valence-electron chi connectivity index (χ1n) is 24.2. The minimum Gasteiger partial charge on any atom is -0.310 e. The largest absolute Gasteiger partial charge is 0.310 e. The third-order valence-electron chi connectivity index (χ3n) is 15.9. The molecule has 0 N–H and O–H groups in total. The fourth-order valence-electron chi connectivity index (χ4n) is 13.3. The number of rotatable bonds is 5. The molecule has 0 radical (unpaired) electrons. The fraction of sp³-hybridized carbons (Fsp3) is 0.0294. The summed E-state index contributed by atoms with van der Waals surface area (Å²) in [5.41, 5.74) is 28.1. The molecule has 320 valence electrons. The topological polar surface area (TPSA) is 3.24 Å². The zero-order valence-corrected chi connectivity index (χ0v) is 37.8. The predicted molar refractivity (Wildman–Crippen MR) is 285 cm³/mol. The summed E-state index contributed by atoms with van der Waals surface area (Å²) in [6.07, 6.45) is 0. The van der Waals surface area contributed by atoms with Crippen molar-refractivity contribution in [3.8, 4) is 66.8 Å². The molecular formula is C68H43N. The lowest BCUT2D eigenvalue weighted by Gasteiger charge is -2.36. The average molecular weight is 874 g/mol. The van der Waals surface area contributed by atoms with E-state index < -0.39 is 10.8 Å². The van der Waals surface area contributed by atoms with Crippen molar-refractivity contribution in [1.29, 1.82) is 0 Å². The van der Waals surface area contributed by atoms with E-state index in [0.29, 0.717) is 0 Å². The smallest absolute Gasteiger partial charge is 0.0746 e. The standard InChI is InChI=1S/C68H43N/c1-3-18-44(19-4-1)46-34-37-48(38-35-46)69(49-39-41-56-52-24-9-14-30-60(52)67(64(56)43-49)58-28-12-7-22-50(58)51-23-8-13-29-59(51)67)65-33-17-27-57-54-26-11-16-32-62(54)68(66(57)65)61-31-15-10-25-53(61)55-40-36-47(42-63(55)68)45-20-5-2-6-21-45/h1-43H. The summed E-state index contributed by atoms with van der Waals surface area (Å²) in [7, 11) is 0. The molecule has 0 aromatic heterocycles. The van der Waals surface area contributed by atoms with Gasteiger partial charge in [-0.05, 0) is 142 Å². The molecule has 1 atom stereocenters. The van der Waals surface area contributed by atoms with Gasteiger partial charge in [-0.15, -0.1) is 0 Å². The van der Waals surface area contributed by atoms with Gasteiger partial charge < -0.3 is 4.90 Å². The van der Waals surface area contributed by atoms with Gasteiger partial charge in [-0.2, -0.15) is 0 Å². The van der Waals surface area contributed by atoms with Gasteiger partial charge in [0.2, 0.25) is 0 Å². The van der Waals surface area contributed by atoms with Crippen LogP contribution in [0.5, 0.6) is 0 Å². The number of hydrogen-bond donors (Lipinski definition) is 0. The van der Waals surface area contributed by atoms with Crippen molar-refractivity contribution < 1.29 is 0 Å². The van der Waals surface area contributed by atoms with Crippen molar-refractivity contribution in [2.24, 2.45) is 0 Å². The van der Waals surface area contributed by atoms with Crippen molar-refractivity contribution in [2.45, 2.75) is 10.8 Å². The molecular weight excluding hydrogens is 831 g/mol. The molecule has 0 fully saturated rings. The zero-order valence-electron chi connectivity index (χ0n) is 37.8. The number of anilines is 3. The molecule has 69 heavy (non-hydrogen) atoms. The molecule has 1 unspecified atom stereocenters. The van der Waals surface area contributed by atoms with Crippen LogP contribution in [0.2, 0.25) is 0 Å². The molecule has 1 heteroatoms. The van der Waals surface area contributed by atoms with Gasteiger partial charge in [0, 0.05) is 16.9 Å². The van der Waals surface area contributed by atoms with E-state index in [9.17, 15) is 0 Å². The Labute approximate surface area is 402 Å². The van der Waals surface area contributed by atoms with Gasteiger partial charge >= 0.3 is 0 Å². The van der Waals surface area contributed by atoms with Gasteiger partial charge in [0.05, 0.1) is 16.5 Å². The highest BCUT2D eigenvalue weighted by atomic mass is 15.1. The average Bonchev–Trinajstić information content (AvgIpc) is 4.11. The molecule has 0 saturated heterocycles. The third kappa shape index (κ3) is 5.04. The molecule has 4 aliphatic carbocycles. The summed E-state index contributed by atoms with van der Waals surface area (Å²) >= 11 is 0. The molecule has 15 rings (SSSR count).